The molecule has 0 aliphatic carbocycles. The molecule has 0 amide bonds. The summed E-state index contributed by atoms with van der Waals surface area (Å²) >= 11 is 0. The van der Waals surface area contributed by atoms with E-state index in [2.05, 4.69) is 58.3 Å². The summed E-state index contributed by atoms with van der Waals surface area (Å²) in [5, 5.41) is 3.47. The minimum absolute atomic E-state index is 0.495. The molecule has 0 fully saturated rings. The first-order valence-electron chi connectivity index (χ1n) is 6.38. The van der Waals surface area contributed by atoms with Gasteiger partial charge in [0, 0.05) is 6.04 Å². The van der Waals surface area contributed by atoms with Crippen molar-refractivity contribution in [1.29, 1.82) is 0 Å². The highest BCUT2D eigenvalue weighted by Gasteiger charge is 2.18. The minimum Gasteiger partial charge on any atom is -0.313 e. The lowest BCUT2D eigenvalue weighted by atomic mass is 9.88. The molecule has 90 valence electrons. The Morgan fingerprint density at radius 2 is 1.69 bits per heavy atom. The molecule has 1 unspecified atom stereocenters. The molecule has 0 heterocycles. The van der Waals surface area contributed by atoms with Crippen molar-refractivity contribution in [3.05, 3.63) is 34.9 Å². The van der Waals surface area contributed by atoms with Crippen molar-refractivity contribution in [3.63, 3.8) is 0 Å². The number of rotatable bonds is 5. The maximum atomic E-state index is 3.47. The number of benzene rings is 1. The summed E-state index contributed by atoms with van der Waals surface area (Å²) in [5.74, 6) is 0.729. The second kappa shape index (κ2) is 6.05. The second-order valence-electron chi connectivity index (χ2n) is 4.69. The van der Waals surface area contributed by atoms with Gasteiger partial charge >= 0.3 is 0 Å². The van der Waals surface area contributed by atoms with Crippen LogP contribution in [0.4, 0.5) is 0 Å². The Bertz CT molecular complexity index is 326. The fraction of sp³-hybridized carbons (Fsp3) is 0.600. The molecule has 1 aromatic carbocycles. The normalized spacial score (nSPS) is 13.1. The summed E-state index contributed by atoms with van der Waals surface area (Å²) in [6, 6.07) is 7.32. The number of hydrogen-bond donors (Lipinski definition) is 1. The van der Waals surface area contributed by atoms with Crippen LogP contribution in [0.5, 0.6) is 0 Å². The lowest BCUT2D eigenvalue weighted by Crippen LogP contribution is -2.24. The van der Waals surface area contributed by atoms with E-state index in [1.54, 1.807) is 0 Å². The SMILES string of the molecule is CCC(CC)C(NC)c1ccc(C)c(C)c1. The second-order valence-corrected chi connectivity index (χ2v) is 4.69. The summed E-state index contributed by atoms with van der Waals surface area (Å²) in [6.45, 7) is 8.92. The molecule has 16 heavy (non-hydrogen) atoms. The molecule has 1 atom stereocenters. The van der Waals surface area contributed by atoms with E-state index >= 15 is 0 Å². The Hall–Kier alpha value is -0.820. The van der Waals surface area contributed by atoms with Crippen LogP contribution < -0.4 is 5.32 Å². The molecule has 0 aromatic heterocycles. The molecule has 1 heteroatoms. The molecule has 1 N–H and O–H groups in total. The average molecular weight is 219 g/mol. The zero-order valence-electron chi connectivity index (χ0n) is 11.3. The van der Waals surface area contributed by atoms with Crippen molar-refractivity contribution in [3.8, 4) is 0 Å². The van der Waals surface area contributed by atoms with Crippen LogP contribution in [0.25, 0.3) is 0 Å². The van der Waals surface area contributed by atoms with Crippen LogP contribution in [0.1, 0.15) is 49.4 Å². The summed E-state index contributed by atoms with van der Waals surface area (Å²) in [6.07, 6.45) is 2.46. The molecular weight excluding hydrogens is 194 g/mol. The highest BCUT2D eigenvalue weighted by atomic mass is 14.9. The largest absolute Gasteiger partial charge is 0.313 e. The van der Waals surface area contributed by atoms with Gasteiger partial charge in [-0.3, -0.25) is 0 Å². The van der Waals surface area contributed by atoms with Gasteiger partial charge in [-0.05, 0) is 43.5 Å². The first-order chi connectivity index (χ1) is 7.63. The standard InChI is InChI=1S/C15H25N/c1-6-13(7-2)15(16-5)14-9-8-11(3)12(4)10-14/h8-10,13,15-16H,6-7H2,1-5H3. The van der Waals surface area contributed by atoms with Gasteiger partial charge in [-0.15, -0.1) is 0 Å². The Labute approximate surface area is 100 Å². The van der Waals surface area contributed by atoms with Gasteiger partial charge in [-0.2, -0.15) is 0 Å². The summed E-state index contributed by atoms with van der Waals surface area (Å²) in [7, 11) is 2.07. The van der Waals surface area contributed by atoms with Crippen LogP contribution in [0.3, 0.4) is 0 Å². The van der Waals surface area contributed by atoms with Gasteiger partial charge < -0.3 is 5.32 Å². The fourth-order valence-electron chi connectivity index (χ4n) is 2.39. The van der Waals surface area contributed by atoms with E-state index in [9.17, 15) is 0 Å². The molecule has 0 saturated carbocycles. The Morgan fingerprint density at radius 1 is 1.06 bits per heavy atom. The van der Waals surface area contributed by atoms with Crippen molar-refractivity contribution >= 4 is 0 Å². The van der Waals surface area contributed by atoms with Gasteiger partial charge in [-0.25, -0.2) is 0 Å². The van der Waals surface area contributed by atoms with Gasteiger partial charge in [0.1, 0.15) is 0 Å². The third kappa shape index (κ3) is 2.85. The lowest BCUT2D eigenvalue weighted by Gasteiger charge is -2.26. The van der Waals surface area contributed by atoms with E-state index in [4.69, 9.17) is 0 Å². The van der Waals surface area contributed by atoms with Gasteiger partial charge in [0.05, 0.1) is 0 Å². The third-order valence-electron chi connectivity index (χ3n) is 3.72. The summed E-state index contributed by atoms with van der Waals surface area (Å²) < 4.78 is 0. The molecule has 0 spiro atoms. The topological polar surface area (TPSA) is 12.0 Å². The predicted octanol–water partition coefficient (Wildman–Crippen LogP) is 4.00. The maximum Gasteiger partial charge on any atom is 0.0346 e. The Kier molecular flexibility index (Phi) is 5.01. The quantitative estimate of drug-likeness (QED) is 0.789. The van der Waals surface area contributed by atoms with E-state index in [-0.39, 0.29) is 0 Å². The Morgan fingerprint density at radius 3 is 2.12 bits per heavy atom. The summed E-state index contributed by atoms with van der Waals surface area (Å²) in [5.41, 5.74) is 4.20. The van der Waals surface area contributed by atoms with Crippen molar-refractivity contribution in [2.75, 3.05) is 7.05 Å². The van der Waals surface area contributed by atoms with Crippen LogP contribution in [0.15, 0.2) is 18.2 Å². The van der Waals surface area contributed by atoms with E-state index in [0.717, 1.165) is 5.92 Å². The van der Waals surface area contributed by atoms with Gasteiger partial charge in [-0.1, -0.05) is 44.9 Å². The molecular formula is C15H25N. The zero-order valence-corrected chi connectivity index (χ0v) is 11.3. The van der Waals surface area contributed by atoms with Crippen molar-refractivity contribution in [2.45, 2.75) is 46.6 Å². The van der Waals surface area contributed by atoms with Crippen molar-refractivity contribution < 1.29 is 0 Å². The van der Waals surface area contributed by atoms with Crippen LogP contribution in [-0.4, -0.2) is 7.05 Å². The molecule has 0 aliphatic rings. The van der Waals surface area contributed by atoms with Crippen LogP contribution in [-0.2, 0) is 0 Å². The van der Waals surface area contributed by atoms with Gasteiger partial charge in [0.15, 0.2) is 0 Å². The number of nitrogens with one attached hydrogen (secondary N) is 1. The average Bonchev–Trinajstić information content (AvgIpc) is 2.29. The smallest absolute Gasteiger partial charge is 0.0346 e. The van der Waals surface area contributed by atoms with E-state index in [1.165, 1.54) is 29.5 Å². The summed E-state index contributed by atoms with van der Waals surface area (Å²) in [4.78, 5) is 0. The molecule has 1 nitrogen and oxygen atoms in total. The predicted molar refractivity (Wildman–Crippen MR) is 71.8 cm³/mol. The molecule has 1 aromatic rings. The van der Waals surface area contributed by atoms with Crippen LogP contribution >= 0.6 is 0 Å². The van der Waals surface area contributed by atoms with Gasteiger partial charge in [0.2, 0.25) is 0 Å². The highest BCUT2D eigenvalue weighted by molar-refractivity contribution is 5.32. The van der Waals surface area contributed by atoms with E-state index in [1.807, 2.05) is 0 Å². The highest BCUT2D eigenvalue weighted by Crippen LogP contribution is 2.28. The van der Waals surface area contributed by atoms with Gasteiger partial charge in [0.25, 0.3) is 0 Å². The maximum absolute atomic E-state index is 3.47. The molecule has 0 bridgehead atoms. The monoisotopic (exact) mass is 219 g/mol. The first kappa shape index (κ1) is 13.2. The third-order valence-corrected chi connectivity index (χ3v) is 3.72. The molecule has 0 aliphatic heterocycles. The number of aryl methyl sites for hydroxylation is 2. The van der Waals surface area contributed by atoms with Crippen molar-refractivity contribution in [1.82, 2.24) is 5.32 Å². The van der Waals surface area contributed by atoms with Crippen molar-refractivity contribution in [2.24, 2.45) is 5.92 Å². The minimum atomic E-state index is 0.495. The lowest BCUT2D eigenvalue weighted by molar-refractivity contribution is 0.359. The molecule has 0 radical (unpaired) electrons. The Balaban J connectivity index is 2.98. The molecule has 0 saturated heterocycles. The van der Waals surface area contributed by atoms with E-state index in [0.29, 0.717) is 6.04 Å². The first-order valence-corrected chi connectivity index (χ1v) is 6.38. The van der Waals surface area contributed by atoms with Crippen LogP contribution in [0.2, 0.25) is 0 Å². The van der Waals surface area contributed by atoms with E-state index < -0.39 is 0 Å². The number of hydrogen-bond acceptors (Lipinski definition) is 1. The van der Waals surface area contributed by atoms with Crippen LogP contribution in [0, 0.1) is 19.8 Å². The molecule has 1 rings (SSSR count). The fourth-order valence-corrected chi connectivity index (χ4v) is 2.39. The zero-order chi connectivity index (χ0) is 12.1.